The third-order valence-electron chi connectivity index (χ3n) is 1.03. The molecule has 0 bridgehead atoms. The zero-order valence-corrected chi connectivity index (χ0v) is 4.46. The van der Waals surface area contributed by atoms with Gasteiger partial charge in [-0.05, 0) is 0 Å². The standard InChI is InChI=1S/C4H8N2O2/c7-6-3-4-5-1-2-8-4/h4-5H,1-3H2. The second-order valence-corrected chi connectivity index (χ2v) is 1.63. The predicted molar refractivity (Wildman–Crippen MR) is 28.4 cm³/mol. The number of ether oxygens (including phenoxy) is 1. The first-order chi connectivity index (χ1) is 3.93. The highest BCUT2D eigenvalue weighted by atomic mass is 16.5. The van der Waals surface area contributed by atoms with E-state index in [1.807, 2.05) is 0 Å². The highest BCUT2D eigenvalue weighted by molar-refractivity contribution is 4.63. The lowest BCUT2D eigenvalue weighted by Crippen LogP contribution is -2.25. The van der Waals surface area contributed by atoms with Gasteiger partial charge in [0.25, 0.3) is 0 Å². The van der Waals surface area contributed by atoms with Crippen molar-refractivity contribution in [3.05, 3.63) is 4.91 Å². The molecule has 1 atom stereocenters. The maximum absolute atomic E-state index is 9.59. The van der Waals surface area contributed by atoms with Gasteiger partial charge in [0.2, 0.25) is 0 Å². The minimum absolute atomic E-state index is 0.118. The molecule has 0 radical (unpaired) electrons. The van der Waals surface area contributed by atoms with E-state index in [9.17, 15) is 4.91 Å². The summed E-state index contributed by atoms with van der Waals surface area (Å²) in [4.78, 5) is 9.59. The van der Waals surface area contributed by atoms with Crippen molar-refractivity contribution < 1.29 is 4.74 Å². The van der Waals surface area contributed by atoms with E-state index >= 15 is 0 Å². The van der Waals surface area contributed by atoms with E-state index in [0.717, 1.165) is 6.54 Å². The summed E-state index contributed by atoms with van der Waals surface area (Å²) < 4.78 is 4.99. The Bertz CT molecular complexity index is 80.1. The minimum Gasteiger partial charge on any atom is -0.360 e. The summed E-state index contributed by atoms with van der Waals surface area (Å²) in [5, 5.41) is 5.62. The van der Waals surface area contributed by atoms with Crippen molar-refractivity contribution in [2.45, 2.75) is 6.23 Å². The molecule has 46 valence electrons. The number of hydrogen-bond donors (Lipinski definition) is 1. The van der Waals surface area contributed by atoms with Gasteiger partial charge >= 0.3 is 0 Å². The third-order valence-corrected chi connectivity index (χ3v) is 1.03. The molecule has 1 N–H and O–H groups in total. The molecule has 1 heterocycles. The molecule has 1 saturated heterocycles. The number of nitroso groups, excluding NO2 is 1. The van der Waals surface area contributed by atoms with Gasteiger partial charge in [-0.2, -0.15) is 4.91 Å². The zero-order chi connectivity index (χ0) is 5.82. The second kappa shape index (κ2) is 2.74. The van der Waals surface area contributed by atoms with Crippen molar-refractivity contribution >= 4 is 0 Å². The largest absolute Gasteiger partial charge is 0.360 e. The molecule has 1 fully saturated rings. The zero-order valence-electron chi connectivity index (χ0n) is 4.46. The SMILES string of the molecule is O=NCC1NCCO1. The van der Waals surface area contributed by atoms with Crippen LogP contribution in [0.25, 0.3) is 0 Å². The maximum atomic E-state index is 9.59. The van der Waals surface area contributed by atoms with E-state index in [0.29, 0.717) is 6.61 Å². The predicted octanol–water partition coefficient (Wildman–Crippen LogP) is -0.301. The summed E-state index contributed by atoms with van der Waals surface area (Å²) in [6.07, 6.45) is -0.118. The highest BCUT2D eigenvalue weighted by Crippen LogP contribution is 1.93. The van der Waals surface area contributed by atoms with E-state index in [1.54, 1.807) is 0 Å². The molecule has 1 unspecified atom stereocenters. The quantitative estimate of drug-likeness (QED) is 0.504. The lowest BCUT2D eigenvalue weighted by Gasteiger charge is -2.00. The maximum Gasteiger partial charge on any atom is 0.131 e. The van der Waals surface area contributed by atoms with Crippen molar-refractivity contribution in [1.29, 1.82) is 0 Å². The van der Waals surface area contributed by atoms with E-state index in [2.05, 4.69) is 10.5 Å². The number of nitrogens with one attached hydrogen (secondary N) is 1. The van der Waals surface area contributed by atoms with Gasteiger partial charge in [-0.25, -0.2) is 0 Å². The first kappa shape index (κ1) is 5.65. The Hall–Kier alpha value is -0.480. The van der Waals surface area contributed by atoms with Crippen molar-refractivity contribution in [2.24, 2.45) is 5.18 Å². The molecule has 0 saturated carbocycles. The van der Waals surface area contributed by atoms with Gasteiger partial charge in [0, 0.05) is 6.54 Å². The third kappa shape index (κ3) is 1.24. The lowest BCUT2D eigenvalue weighted by atomic mass is 10.6. The number of hydrogen-bond acceptors (Lipinski definition) is 4. The molecule has 4 heteroatoms. The first-order valence-electron chi connectivity index (χ1n) is 2.57. The van der Waals surface area contributed by atoms with Crippen LogP contribution in [0, 0.1) is 4.91 Å². The molecular weight excluding hydrogens is 108 g/mol. The second-order valence-electron chi connectivity index (χ2n) is 1.63. The lowest BCUT2D eigenvalue weighted by molar-refractivity contribution is 0.108. The smallest absolute Gasteiger partial charge is 0.131 e. The van der Waals surface area contributed by atoms with Gasteiger partial charge in [-0.1, -0.05) is 5.18 Å². The Kier molecular flexibility index (Phi) is 1.93. The van der Waals surface area contributed by atoms with Gasteiger partial charge in [0.15, 0.2) is 0 Å². The van der Waals surface area contributed by atoms with Gasteiger partial charge < -0.3 is 4.74 Å². The molecule has 0 aliphatic carbocycles. The highest BCUT2D eigenvalue weighted by Gasteiger charge is 2.12. The van der Waals surface area contributed by atoms with Crippen LogP contribution in [0.4, 0.5) is 0 Å². The monoisotopic (exact) mass is 116 g/mol. The Labute approximate surface area is 47.2 Å². The summed E-state index contributed by atoms with van der Waals surface area (Å²) in [5.41, 5.74) is 0. The Morgan fingerprint density at radius 2 is 2.75 bits per heavy atom. The van der Waals surface area contributed by atoms with Crippen molar-refractivity contribution in [3.63, 3.8) is 0 Å². The molecule has 0 aromatic carbocycles. The molecule has 4 nitrogen and oxygen atoms in total. The van der Waals surface area contributed by atoms with Gasteiger partial charge in [-0.3, -0.25) is 5.32 Å². The fourth-order valence-corrected chi connectivity index (χ4v) is 0.665. The van der Waals surface area contributed by atoms with E-state index < -0.39 is 0 Å². The summed E-state index contributed by atoms with van der Waals surface area (Å²) in [6, 6.07) is 0. The average molecular weight is 116 g/mol. The molecular formula is C4H8N2O2. The van der Waals surface area contributed by atoms with Crippen LogP contribution >= 0.6 is 0 Å². The molecule has 1 rings (SSSR count). The van der Waals surface area contributed by atoms with Crippen LogP contribution in [0.3, 0.4) is 0 Å². The fourth-order valence-electron chi connectivity index (χ4n) is 0.665. The van der Waals surface area contributed by atoms with Crippen molar-refractivity contribution in [3.8, 4) is 0 Å². The van der Waals surface area contributed by atoms with Crippen LogP contribution < -0.4 is 5.32 Å². The van der Waals surface area contributed by atoms with E-state index in [1.165, 1.54) is 0 Å². The fraction of sp³-hybridized carbons (Fsp3) is 1.00. The van der Waals surface area contributed by atoms with Crippen LogP contribution in [0.2, 0.25) is 0 Å². The van der Waals surface area contributed by atoms with Gasteiger partial charge in [0.1, 0.15) is 12.8 Å². The summed E-state index contributed by atoms with van der Waals surface area (Å²) in [6.45, 7) is 1.75. The summed E-state index contributed by atoms with van der Waals surface area (Å²) >= 11 is 0. The summed E-state index contributed by atoms with van der Waals surface area (Å²) in [7, 11) is 0. The van der Waals surface area contributed by atoms with Crippen LogP contribution in [-0.4, -0.2) is 25.9 Å². The molecule has 0 spiro atoms. The normalized spacial score (nSPS) is 28.2. The molecule has 8 heavy (non-hydrogen) atoms. The topological polar surface area (TPSA) is 50.7 Å². The Morgan fingerprint density at radius 3 is 3.25 bits per heavy atom. The number of nitrogens with zero attached hydrogens (tertiary/aromatic N) is 1. The molecule has 1 aliphatic heterocycles. The molecule has 0 aromatic rings. The van der Waals surface area contributed by atoms with Gasteiger partial charge in [-0.15, -0.1) is 0 Å². The van der Waals surface area contributed by atoms with Crippen LogP contribution in [0.5, 0.6) is 0 Å². The van der Waals surface area contributed by atoms with Crippen LogP contribution in [-0.2, 0) is 4.74 Å². The summed E-state index contributed by atoms with van der Waals surface area (Å²) in [5.74, 6) is 0. The van der Waals surface area contributed by atoms with E-state index in [4.69, 9.17) is 4.74 Å². The Morgan fingerprint density at radius 1 is 1.88 bits per heavy atom. The van der Waals surface area contributed by atoms with Crippen molar-refractivity contribution in [1.82, 2.24) is 5.32 Å². The average Bonchev–Trinajstić information content (AvgIpc) is 2.19. The Balaban J connectivity index is 2.14. The molecule has 0 aromatic heterocycles. The number of rotatable bonds is 2. The van der Waals surface area contributed by atoms with Crippen molar-refractivity contribution in [2.75, 3.05) is 19.7 Å². The molecule has 1 aliphatic rings. The van der Waals surface area contributed by atoms with Crippen LogP contribution in [0.15, 0.2) is 5.18 Å². The minimum atomic E-state index is -0.118. The molecule has 0 amide bonds. The van der Waals surface area contributed by atoms with E-state index in [-0.39, 0.29) is 12.8 Å². The van der Waals surface area contributed by atoms with Gasteiger partial charge in [0.05, 0.1) is 6.61 Å². The first-order valence-corrected chi connectivity index (χ1v) is 2.57. The van der Waals surface area contributed by atoms with Crippen LogP contribution in [0.1, 0.15) is 0 Å².